The number of aryl methyl sites for hydroxylation is 1. The van der Waals surface area contributed by atoms with Gasteiger partial charge in [-0.25, -0.2) is 9.67 Å². The van der Waals surface area contributed by atoms with Crippen LogP contribution in [0.4, 0.5) is 5.69 Å². The van der Waals surface area contributed by atoms with E-state index in [1.807, 2.05) is 48.9 Å². The Labute approximate surface area is 158 Å². The summed E-state index contributed by atoms with van der Waals surface area (Å²) in [7, 11) is 0. The lowest BCUT2D eigenvalue weighted by Crippen LogP contribution is -2.39. The van der Waals surface area contributed by atoms with Crippen LogP contribution < -0.4 is 5.32 Å². The van der Waals surface area contributed by atoms with E-state index in [0.29, 0.717) is 6.54 Å². The second kappa shape index (κ2) is 7.75. The first-order valence-corrected chi connectivity index (χ1v) is 9.39. The molecular formula is C20H24N6O. The number of benzene rings is 1. The molecule has 3 aromatic rings. The Morgan fingerprint density at radius 1 is 1.26 bits per heavy atom. The number of carbonyl (C=O) groups is 1. The molecule has 1 aliphatic heterocycles. The minimum absolute atomic E-state index is 0.0414. The van der Waals surface area contributed by atoms with Crippen molar-refractivity contribution >= 4 is 11.6 Å². The van der Waals surface area contributed by atoms with Gasteiger partial charge in [-0.15, -0.1) is 0 Å². The summed E-state index contributed by atoms with van der Waals surface area (Å²) in [6.45, 7) is 4.61. The molecule has 3 heterocycles. The number of likely N-dealkylation sites (tertiary alicyclic amines) is 1. The topological polar surface area (TPSA) is 68.0 Å². The molecule has 1 N–H and O–H groups in total. The van der Waals surface area contributed by atoms with Gasteiger partial charge < -0.3 is 9.88 Å². The van der Waals surface area contributed by atoms with Crippen LogP contribution >= 0.6 is 0 Å². The summed E-state index contributed by atoms with van der Waals surface area (Å²) >= 11 is 0. The van der Waals surface area contributed by atoms with Gasteiger partial charge in [-0.1, -0.05) is 6.07 Å². The molecule has 1 fully saturated rings. The minimum atomic E-state index is -0.125. The van der Waals surface area contributed by atoms with E-state index < -0.39 is 0 Å². The Balaban J connectivity index is 1.45. The second-order valence-corrected chi connectivity index (χ2v) is 6.75. The Morgan fingerprint density at radius 3 is 3.00 bits per heavy atom. The van der Waals surface area contributed by atoms with E-state index in [9.17, 15) is 4.79 Å². The van der Waals surface area contributed by atoms with Crippen molar-refractivity contribution in [3.63, 3.8) is 0 Å². The van der Waals surface area contributed by atoms with E-state index in [0.717, 1.165) is 43.1 Å². The standard InChI is InChI=1S/C20H24N6O/c1-2-24-13-10-21-19(24)15-25-11-4-8-18(25)20(27)23-16-6-3-7-17(14-16)26-12-5-9-22-26/h3,5-7,9-10,12-14,18H,2,4,8,11,15H2,1H3,(H,23,27)/t18-/m0/s1. The average molecular weight is 364 g/mol. The quantitative estimate of drug-likeness (QED) is 0.730. The highest BCUT2D eigenvalue weighted by Gasteiger charge is 2.31. The Morgan fingerprint density at radius 2 is 2.19 bits per heavy atom. The summed E-state index contributed by atoms with van der Waals surface area (Å²) in [5.74, 6) is 1.05. The van der Waals surface area contributed by atoms with Crippen LogP contribution in [0.15, 0.2) is 55.1 Å². The van der Waals surface area contributed by atoms with E-state index in [1.54, 1.807) is 10.9 Å². The molecule has 1 aliphatic rings. The van der Waals surface area contributed by atoms with Gasteiger partial charge in [-0.2, -0.15) is 5.10 Å². The summed E-state index contributed by atoms with van der Waals surface area (Å²) in [5.41, 5.74) is 1.71. The SMILES string of the molecule is CCn1ccnc1CN1CCC[C@H]1C(=O)Nc1cccc(-n2cccn2)c1. The smallest absolute Gasteiger partial charge is 0.241 e. The van der Waals surface area contributed by atoms with Gasteiger partial charge in [0.05, 0.1) is 18.3 Å². The number of anilines is 1. The predicted molar refractivity (Wildman–Crippen MR) is 104 cm³/mol. The number of aromatic nitrogens is 4. The lowest BCUT2D eigenvalue weighted by atomic mass is 10.2. The van der Waals surface area contributed by atoms with Crippen LogP contribution in [0.25, 0.3) is 5.69 Å². The zero-order chi connectivity index (χ0) is 18.6. The first-order valence-electron chi connectivity index (χ1n) is 9.39. The number of hydrogen-bond acceptors (Lipinski definition) is 4. The first-order chi connectivity index (χ1) is 13.2. The molecule has 1 aromatic carbocycles. The van der Waals surface area contributed by atoms with Crippen molar-refractivity contribution < 1.29 is 4.79 Å². The van der Waals surface area contributed by atoms with Gasteiger partial charge in [-0.3, -0.25) is 9.69 Å². The summed E-state index contributed by atoms with van der Waals surface area (Å²) < 4.78 is 3.91. The number of imidazole rings is 1. The molecule has 7 heteroatoms. The molecular weight excluding hydrogens is 340 g/mol. The van der Waals surface area contributed by atoms with Crippen LogP contribution in [0.3, 0.4) is 0 Å². The lowest BCUT2D eigenvalue weighted by molar-refractivity contribution is -0.120. The lowest BCUT2D eigenvalue weighted by Gasteiger charge is -2.23. The van der Waals surface area contributed by atoms with Gasteiger partial charge in [0, 0.05) is 37.0 Å². The van der Waals surface area contributed by atoms with Crippen LogP contribution in [0, 0.1) is 0 Å². The molecule has 0 spiro atoms. The normalized spacial score (nSPS) is 17.3. The van der Waals surface area contributed by atoms with E-state index in [2.05, 4.69) is 31.8 Å². The van der Waals surface area contributed by atoms with Crippen molar-refractivity contribution in [3.05, 3.63) is 60.9 Å². The molecule has 1 amide bonds. The summed E-state index contributed by atoms with van der Waals surface area (Å²) in [4.78, 5) is 19.6. The molecule has 0 unspecified atom stereocenters. The van der Waals surface area contributed by atoms with E-state index >= 15 is 0 Å². The van der Waals surface area contributed by atoms with Crippen molar-refractivity contribution in [1.29, 1.82) is 0 Å². The van der Waals surface area contributed by atoms with Gasteiger partial charge in [0.1, 0.15) is 5.82 Å². The maximum absolute atomic E-state index is 12.9. The highest BCUT2D eigenvalue weighted by atomic mass is 16.2. The number of nitrogens with zero attached hydrogens (tertiary/aromatic N) is 5. The van der Waals surface area contributed by atoms with Crippen LogP contribution in [0.1, 0.15) is 25.6 Å². The maximum atomic E-state index is 12.9. The number of hydrogen-bond donors (Lipinski definition) is 1. The number of carbonyl (C=O) groups excluding carboxylic acids is 1. The fourth-order valence-corrected chi connectivity index (χ4v) is 3.65. The van der Waals surface area contributed by atoms with Gasteiger partial charge >= 0.3 is 0 Å². The molecule has 2 aromatic heterocycles. The fraction of sp³-hybridized carbons (Fsp3) is 0.350. The van der Waals surface area contributed by atoms with Gasteiger partial charge in [0.25, 0.3) is 0 Å². The molecule has 1 saturated heterocycles. The molecule has 1 atom stereocenters. The number of amides is 1. The Kier molecular flexibility index (Phi) is 5.02. The van der Waals surface area contributed by atoms with Crippen LogP contribution in [0.5, 0.6) is 0 Å². The predicted octanol–water partition coefficient (Wildman–Crippen LogP) is 2.69. The highest BCUT2D eigenvalue weighted by molar-refractivity contribution is 5.95. The monoisotopic (exact) mass is 364 g/mol. The van der Waals surface area contributed by atoms with Crippen LogP contribution in [-0.2, 0) is 17.9 Å². The second-order valence-electron chi connectivity index (χ2n) is 6.75. The number of rotatable bonds is 6. The molecule has 27 heavy (non-hydrogen) atoms. The zero-order valence-electron chi connectivity index (χ0n) is 15.5. The highest BCUT2D eigenvalue weighted by Crippen LogP contribution is 2.22. The molecule has 0 aliphatic carbocycles. The number of nitrogens with one attached hydrogen (secondary N) is 1. The van der Waals surface area contributed by atoms with Crippen molar-refractivity contribution in [3.8, 4) is 5.69 Å². The first kappa shape index (κ1) is 17.5. The van der Waals surface area contributed by atoms with Crippen molar-refractivity contribution in [2.24, 2.45) is 0 Å². The third kappa shape index (κ3) is 3.78. The van der Waals surface area contributed by atoms with Crippen LogP contribution in [-0.4, -0.2) is 42.7 Å². The largest absolute Gasteiger partial charge is 0.334 e. The molecule has 4 rings (SSSR count). The average Bonchev–Trinajstić information content (AvgIpc) is 3.44. The van der Waals surface area contributed by atoms with Crippen molar-refractivity contribution in [2.45, 2.75) is 38.9 Å². The third-order valence-corrected chi connectivity index (χ3v) is 5.04. The van der Waals surface area contributed by atoms with Gasteiger partial charge in [-0.05, 0) is 50.6 Å². The van der Waals surface area contributed by atoms with E-state index in [4.69, 9.17) is 0 Å². The summed E-state index contributed by atoms with van der Waals surface area (Å²) in [5, 5.41) is 7.32. The molecule has 140 valence electrons. The Hall–Kier alpha value is -2.93. The van der Waals surface area contributed by atoms with Gasteiger partial charge in [0.15, 0.2) is 0 Å². The minimum Gasteiger partial charge on any atom is -0.334 e. The van der Waals surface area contributed by atoms with E-state index in [1.165, 1.54) is 0 Å². The zero-order valence-corrected chi connectivity index (χ0v) is 15.5. The molecule has 0 saturated carbocycles. The van der Waals surface area contributed by atoms with Gasteiger partial charge in [0.2, 0.25) is 5.91 Å². The van der Waals surface area contributed by atoms with E-state index in [-0.39, 0.29) is 11.9 Å². The van der Waals surface area contributed by atoms with Crippen molar-refractivity contribution in [1.82, 2.24) is 24.2 Å². The summed E-state index contributed by atoms with van der Waals surface area (Å²) in [6.07, 6.45) is 9.33. The van der Waals surface area contributed by atoms with Crippen molar-refractivity contribution in [2.75, 3.05) is 11.9 Å². The summed E-state index contributed by atoms with van der Waals surface area (Å²) in [6, 6.07) is 9.50. The molecule has 7 nitrogen and oxygen atoms in total. The Bertz CT molecular complexity index is 901. The molecule has 0 radical (unpaired) electrons. The fourth-order valence-electron chi connectivity index (χ4n) is 3.65. The molecule has 0 bridgehead atoms. The van der Waals surface area contributed by atoms with Crippen LogP contribution in [0.2, 0.25) is 0 Å². The maximum Gasteiger partial charge on any atom is 0.241 e. The third-order valence-electron chi connectivity index (χ3n) is 5.04.